The maximum Gasteiger partial charge on any atom is 0.364 e. The Labute approximate surface area is 144 Å². The van der Waals surface area contributed by atoms with Crippen LogP contribution in [0.1, 0.15) is 0 Å². The molecule has 0 saturated heterocycles. The first-order chi connectivity index (χ1) is 11.0. The van der Waals surface area contributed by atoms with Gasteiger partial charge in [-0.2, -0.15) is 0 Å². The highest BCUT2D eigenvalue weighted by Crippen LogP contribution is 2.36. The molecule has 0 saturated carbocycles. The Hall–Kier alpha value is -2.38. The number of H-pyrrole nitrogens is 1. The number of rotatable bonds is 2. The Morgan fingerprint density at radius 3 is 2.70 bits per heavy atom. The van der Waals surface area contributed by atoms with Gasteiger partial charge in [0.05, 0.1) is 5.52 Å². The lowest BCUT2D eigenvalue weighted by Gasteiger charge is -2.00. The monoisotopic (exact) mass is 392 g/mol. The third-order valence-electron chi connectivity index (χ3n) is 3.05. The van der Waals surface area contributed by atoms with Gasteiger partial charge in [-0.3, -0.25) is 0 Å². The van der Waals surface area contributed by atoms with Gasteiger partial charge >= 0.3 is 6.03 Å². The van der Waals surface area contributed by atoms with Gasteiger partial charge < -0.3 is 15.4 Å². The molecule has 6 nitrogen and oxygen atoms in total. The first-order valence-electron chi connectivity index (χ1n) is 6.51. The molecule has 8 heteroatoms. The van der Waals surface area contributed by atoms with Gasteiger partial charge in [0.2, 0.25) is 5.88 Å². The highest BCUT2D eigenvalue weighted by molar-refractivity contribution is 9.10. The quantitative estimate of drug-likeness (QED) is 0.494. The molecule has 3 aromatic rings. The fourth-order valence-electron chi connectivity index (χ4n) is 2.02. The zero-order valence-electron chi connectivity index (χ0n) is 11.5. The minimum Gasteiger partial charge on any atom is -0.493 e. The molecule has 2 amide bonds. The summed E-state index contributed by atoms with van der Waals surface area (Å²) in [4.78, 5) is 14.5. The number of hydrogen-bond acceptors (Lipinski definition) is 3. The molecule has 2 aromatic carbocycles. The Morgan fingerprint density at radius 1 is 1.22 bits per heavy atom. The smallest absolute Gasteiger partial charge is 0.364 e. The fraction of sp³-hybridized carbons (Fsp3) is 0. The summed E-state index contributed by atoms with van der Waals surface area (Å²) in [6, 6.07) is 11.4. The molecule has 3 rings (SSSR count). The number of carbonyl (C=O) groups is 1. The molecule has 1 heterocycles. The van der Waals surface area contributed by atoms with Crippen molar-refractivity contribution in [2.75, 3.05) is 5.32 Å². The summed E-state index contributed by atoms with van der Waals surface area (Å²) in [5.74, 6) is -0.178. The van der Waals surface area contributed by atoms with Gasteiger partial charge in [-0.15, -0.1) is 5.11 Å². The third-order valence-corrected chi connectivity index (χ3v) is 3.81. The van der Waals surface area contributed by atoms with E-state index in [1.165, 1.54) is 0 Å². The second-order valence-corrected chi connectivity index (χ2v) is 6.00. The number of fused-ring (bicyclic) bond motifs is 1. The van der Waals surface area contributed by atoms with Gasteiger partial charge in [-0.05, 0) is 42.5 Å². The van der Waals surface area contributed by atoms with E-state index in [1.54, 1.807) is 42.5 Å². The van der Waals surface area contributed by atoms with Crippen LogP contribution < -0.4 is 5.32 Å². The molecular weight excluding hydrogens is 384 g/mol. The molecule has 0 aliphatic heterocycles. The Balaban J connectivity index is 1.81. The van der Waals surface area contributed by atoms with Crippen LogP contribution in [0, 0.1) is 0 Å². The second-order valence-electron chi connectivity index (χ2n) is 4.65. The summed E-state index contributed by atoms with van der Waals surface area (Å²) >= 11 is 9.20. The lowest BCUT2D eigenvalue weighted by Crippen LogP contribution is -2.04. The average molecular weight is 394 g/mol. The van der Waals surface area contributed by atoms with Gasteiger partial charge in [-0.25, -0.2) is 4.79 Å². The number of nitrogens with one attached hydrogen (secondary N) is 2. The standard InChI is InChI=1S/C15H10BrClN4O2/c16-8-1-4-10(5-2-8)18-15(23)21-20-13-11-6-3-9(17)7-12(11)19-14(13)22/h1-7,19,22H,(H,18,23). The van der Waals surface area contributed by atoms with Crippen molar-refractivity contribution in [1.29, 1.82) is 0 Å². The molecule has 1 aromatic heterocycles. The fourth-order valence-corrected chi connectivity index (χ4v) is 2.46. The minimum atomic E-state index is -0.643. The first kappa shape index (κ1) is 15.5. The zero-order valence-corrected chi connectivity index (χ0v) is 13.9. The summed E-state index contributed by atoms with van der Waals surface area (Å²) in [5.41, 5.74) is 1.38. The van der Waals surface area contributed by atoms with E-state index in [2.05, 4.69) is 36.5 Å². The van der Waals surface area contributed by atoms with Crippen LogP contribution in [0.2, 0.25) is 5.02 Å². The Morgan fingerprint density at radius 2 is 1.96 bits per heavy atom. The van der Waals surface area contributed by atoms with E-state index < -0.39 is 6.03 Å². The van der Waals surface area contributed by atoms with Gasteiger partial charge in [0, 0.05) is 20.6 Å². The number of aromatic amines is 1. The number of urea groups is 1. The van der Waals surface area contributed by atoms with Crippen molar-refractivity contribution >= 4 is 55.8 Å². The van der Waals surface area contributed by atoms with E-state index in [-0.39, 0.29) is 11.6 Å². The van der Waals surface area contributed by atoms with Gasteiger partial charge in [-0.1, -0.05) is 32.6 Å². The number of amides is 2. The predicted molar refractivity (Wildman–Crippen MR) is 92.7 cm³/mol. The minimum absolute atomic E-state index is 0.178. The Bertz CT molecular complexity index is 906. The van der Waals surface area contributed by atoms with Gasteiger partial charge in [0.25, 0.3) is 0 Å². The highest BCUT2D eigenvalue weighted by atomic mass is 79.9. The van der Waals surface area contributed by atoms with Crippen molar-refractivity contribution in [2.45, 2.75) is 0 Å². The van der Waals surface area contributed by atoms with E-state index in [9.17, 15) is 9.90 Å². The molecule has 0 aliphatic rings. The van der Waals surface area contributed by atoms with Crippen molar-refractivity contribution in [3.05, 3.63) is 52.0 Å². The maximum absolute atomic E-state index is 11.8. The summed E-state index contributed by atoms with van der Waals surface area (Å²) in [6.45, 7) is 0. The average Bonchev–Trinajstić information content (AvgIpc) is 2.82. The normalized spacial score (nSPS) is 11.2. The van der Waals surface area contributed by atoms with Crippen LogP contribution in [0.15, 0.2) is 57.2 Å². The highest BCUT2D eigenvalue weighted by Gasteiger charge is 2.11. The van der Waals surface area contributed by atoms with Crippen LogP contribution in [0.3, 0.4) is 0 Å². The lowest BCUT2D eigenvalue weighted by molar-refractivity contribution is 0.258. The Kier molecular flexibility index (Phi) is 4.31. The molecule has 23 heavy (non-hydrogen) atoms. The summed E-state index contributed by atoms with van der Waals surface area (Å²) in [6.07, 6.45) is 0. The van der Waals surface area contributed by atoms with Gasteiger partial charge in [0.1, 0.15) is 0 Å². The van der Waals surface area contributed by atoms with Crippen LogP contribution in [-0.4, -0.2) is 16.1 Å². The lowest BCUT2D eigenvalue weighted by atomic mass is 10.2. The van der Waals surface area contributed by atoms with Crippen LogP contribution in [-0.2, 0) is 0 Å². The topological polar surface area (TPSA) is 89.8 Å². The van der Waals surface area contributed by atoms with Crippen LogP contribution >= 0.6 is 27.5 Å². The molecule has 0 atom stereocenters. The van der Waals surface area contributed by atoms with Crippen molar-refractivity contribution in [2.24, 2.45) is 10.2 Å². The molecular formula is C15H10BrClN4O2. The molecule has 0 spiro atoms. The number of anilines is 1. The first-order valence-corrected chi connectivity index (χ1v) is 7.68. The van der Waals surface area contributed by atoms with E-state index in [4.69, 9.17) is 11.6 Å². The molecule has 0 aliphatic carbocycles. The number of azo groups is 1. The number of aromatic nitrogens is 1. The SMILES string of the molecule is O=C(N=Nc1c(O)[nH]c2cc(Cl)ccc12)Nc1ccc(Br)cc1. The van der Waals surface area contributed by atoms with E-state index in [0.717, 1.165) is 4.47 Å². The largest absolute Gasteiger partial charge is 0.493 e. The summed E-state index contributed by atoms with van der Waals surface area (Å²) in [7, 11) is 0. The third kappa shape index (κ3) is 3.52. The van der Waals surface area contributed by atoms with Crippen LogP contribution in [0.4, 0.5) is 16.2 Å². The number of hydrogen-bond donors (Lipinski definition) is 3. The van der Waals surface area contributed by atoms with Crippen LogP contribution in [0.25, 0.3) is 10.9 Å². The second kappa shape index (κ2) is 6.39. The number of benzene rings is 2. The van der Waals surface area contributed by atoms with Crippen LogP contribution in [0.5, 0.6) is 5.88 Å². The zero-order chi connectivity index (χ0) is 16.4. The summed E-state index contributed by atoms with van der Waals surface area (Å²) < 4.78 is 0.902. The summed E-state index contributed by atoms with van der Waals surface area (Å²) in [5, 5.41) is 21.0. The maximum atomic E-state index is 11.8. The number of nitrogens with zero attached hydrogens (tertiary/aromatic N) is 2. The van der Waals surface area contributed by atoms with Gasteiger partial charge in [0.15, 0.2) is 5.69 Å². The molecule has 116 valence electrons. The molecule has 0 radical (unpaired) electrons. The van der Waals surface area contributed by atoms with E-state index in [1.807, 2.05) is 0 Å². The van der Waals surface area contributed by atoms with E-state index in [0.29, 0.717) is 21.6 Å². The van der Waals surface area contributed by atoms with Crippen molar-refractivity contribution in [3.8, 4) is 5.88 Å². The molecule has 0 fully saturated rings. The molecule has 0 unspecified atom stereocenters. The number of aromatic hydroxyl groups is 1. The number of halogens is 2. The van der Waals surface area contributed by atoms with Crippen molar-refractivity contribution in [3.63, 3.8) is 0 Å². The predicted octanol–water partition coefficient (Wildman–Crippen LogP) is 5.61. The van der Waals surface area contributed by atoms with Crippen molar-refractivity contribution < 1.29 is 9.90 Å². The molecule has 3 N–H and O–H groups in total. The van der Waals surface area contributed by atoms with Crippen molar-refractivity contribution in [1.82, 2.24) is 4.98 Å². The van der Waals surface area contributed by atoms with E-state index >= 15 is 0 Å². The molecule has 0 bridgehead atoms. The number of carbonyl (C=O) groups excluding carboxylic acids is 1.